The molecule has 1 heterocycles. The van der Waals surface area contributed by atoms with Gasteiger partial charge in [0, 0.05) is 5.56 Å². The van der Waals surface area contributed by atoms with E-state index in [0.29, 0.717) is 22.6 Å². The van der Waals surface area contributed by atoms with Gasteiger partial charge in [0.05, 0.1) is 12.8 Å². The molecule has 0 saturated carbocycles. The maximum absolute atomic E-state index is 13.8. The van der Waals surface area contributed by atoms with Crippen LogP contribution >= 0.6 is 45.2 Å². The van der Waals surface area contributed by atoms with Crippen molar-refractivity contribution in [3.05, 3.63) is 96.4 Å². The van der Waals surface area contributed by atoms with Crippen molar-refractivity contribution in [2.45, 2.75) is 6.61 Å². The topological polar surface area (TPSA) is 58.6 Å². The Kier molecular flexibility index (Phi) is 6.56. The average molecular weight is 640 g/mol. The molecule has 2 amide bonds. The Balaban J connectivity index is 1.56. The summed E-state index contributed by atoms with van der Waals surface area (Å²) >= 11 is 4.25. The van der Waals surface area contributed by atoms with Gasteiger partial charge in [-0.05, 0) is 87.2 Å². The molecule has 1 aliphatic rings. The number of halogens is 3. The smallest absolute Gasteiger partial charge is 0.282 e. The lowest BCUT2D eigenvalue weighted by Gasteiger charge is -2.14. The molecule has 5 nitrogen and oxygen atoms in total. The molecule has 0 atom stereocenters. The monoisotopic (exact) mass is 640 g/mol. The number of nitrogens with one attached hydrogen (secondary N) is 1. The van der Waals surface area contributed by atoms with Crippen LogP contribution in [0.2, 0.25) is 0 Å². The van der Waals surface area contributed by atoms with Gasteiger partial charge in [0.2, 0.25) is 0 Å². The molecule has 156 valence electrons. The third-order valence-corrected chi connectivity index (χ3v) is 6.17. The number of amides is 2. The summed E-state index contributed by atoms with van der Waals surface area (Å²) in [7, 11) is 0. The second kappa shape index (κ2) is 9.35. The summed E-state index contributed by atoms with van der Waals surface area (Å²) in [5, 5.41) is 1.23. The van der Waals surface area contributed by atoms with Crippen LogP contribution in [-0.2, 0) is 16.2 Å². The van der Waals surface area contributed by atoms with Gasteiger partial charge < -0.3 is 4.74 Å². The summed E-state index contributed by atoms with van der Waals surface area (Å²) in [4.78, 5) is 25.2. The SMILES string of the molecule is O=C1NN(c2ccccc2)C(=O)/C1=C\c1cc(I)c(OCc2ccccc2F)c(I)c1. The number of anilines is 1. The Morgan fingerprint density at radius 2 is 1.61 bits per heavy atom. The zero-order valence-corrected chi connectivity index (χ0v) is 20.3. The fourth-order valence-electron chi connectivity index (χ4n) is 3.05. The van der Waals surface area contributed by atoms with Gasteiger partial charge in [-0.1, -0.05) is 36.4 Å². The van der Waals surface area contributed by atoms with Gasteiger partial charge in [-0.2, -0.15) is 0 Å². The van der Waals surface area contributed by atoms with Crippen LogP contribution in [0.1, 0.15) is 11.1 Å². The van der Waals surface area contributed by atoms with Gasteiger partial charge in [-0.3, -0.25) is 15.0 Å². The highest BCUT2D eigenvalue weighted by Crippen LogP contribution is 2.31. The Labute approximate surface area is 205 Å². The minimum absolute atomic E-state index is 0.0514. The molecule has 1 fully saturated rings. The van der Waals surface area contributed by atoms with Gasteiger partial charge in [0.1, 0.15) is 23.7 Å². The number of rotatable bonds is 5. The van der Waals surface area contributed by atoms with Crippen molar-refractivity contribution in [2.75, 3.05) is 5.01 Å². The lowest BCUT2D eigenvalue weighted by atomic mass is 10.1. The summed E-state index contributed by atoms with van der Waals surface area (Å²) in [5.74, 6) is -0.567. The third-order valence-electron chi connectivity index (χ3n) is 4.57. The number of hydrogen-bond acceptors (Lipinski definition) is 3. The largest absolute Gasteiger partial charge is 0.487 e. The predicted molar refractivity (Wildman–Crippen MR) is 133 cm³/mol. The lowest BCUT2D eigenvalue weighted by Crippen LogP contribution is -2.35. The van der Waals surface area contributed by atoms with E-state index in [4.69, 9.17) is 4.74 Å². The molecule has 0 spiro atoms. The Morgan fingerprint density at radius 3 is 2.29 bits per heavy atom. The Hall–Kier alpha value is -2.47. The quantitative estimate of drug-likeness (QED) is 0.241. The highest BCUT2D eigenvalue weighted by atomic mass is 127. The first-order valence-corrected chi connectivity index (χ1v) is 11.4. The summed E-state index contributed by atoms with van der Waals surface area (Å²) < 4.78 is 21.3. The summed E-state index contributed by atoms with van der Waals surface area (Å²) in [6.45, 7) is 0.103. The van der Waals surface area contributed by atoms with Crippen LogP contribution in [0.25, 0.3) is 6.08 Å². The molecule has 0 aliphatic carbocycles. The second-order valence-electron chi connectivity index (χ2n) is 6.67. The van der Waals surface area contributed by atoms with Gasteiger partial charge in [-0.15, -0.1) is 0 Å². The number of ether oxygens (including phenoxy) is 1. The highest BCUT2D eigenvalue weighted by molar-refractivity contribution is 14.1. The van der Waals surface area contributed by atoms with Crippen LogP contribution in [0.3, 0.4) is 0 Å². The molecular weight excluding hydrogens is 625 g/mol. The molecule has 1 N–H and O–H groups in total. The standard InChI is InChI=1S/C23H15FI2N2O3/c24-18-9-5-4-6-15(18)13-31-21-19(25)11-14(12-20(21)26)10-17-22(29)27-28(23(17)30)16-7-2-1-3-8-16/h1-12H,13H2,(H,27,29)/b17-10-. The molecule has 4 rings (SSSR count). The molecule has 3 aromatic rings. The van der Waals surface area contributed by atoms with E-state index in [1.54, 1.807) is 48.5 Å². The zero-order valence-electron chi connectivity index (χ0n) is 15.9. The number of nitrogens with zero attached hydrogens (tertiary/aromatic N) is 1. The van der Waals surface area contributed by atoms with Gasteiger partial charge in [0.25, 0.3) is 11.8 Å². The summed E-state index contributed by atoms with van der Waals surface area (Å²) in [5.41, 5.74) is 4.39. The average Bonchev–Trinajstić information content (AvgIpc) is 3.03. The predicted octanol–water partition coefficient (Wildman–Crippen LogP) is 5.08. The number of hydrazine groups is 1. The minimum atomic E-state index is -0.459. The summed E-state index contributed by atoms with van der Waals surface area (Å²) in [6, 6.07) is 19.0. The first-order valence-electron chi connectivity index (χ1n) is 9.21. The second-order valence-corrected chi connectivity index (χ2v) is 8.99. The lowest BCUT2D eigenvalue weighted by molar-refractivity contribution is -0.117. The Morgan fingerprint density at radius 1 is 0.968 bits per heavy atom. The summed E-state index contributed by atoms with van der Waals surface area (Å²) in [6.07, 6.45) is 1.56. The van der Waals surface area contributed by atoms with Crippen LogP contribution in [-0.4, -0.2) is 11.8 Å². The van der Waals surface area contributed by atoms with Crippen LogP contribution < -0.4 is 15.2 Å². The molecule has 31 heavy (non-hydrogen) atoms. The molecule has 3 aromatic carbocycles. The molecule has 1 saturated heterocycles. The molecule has 0 unspecified atom stereocenters. The van der Waals surface area contributed by atoms with Crippen LogP contribution in [0.4, 0.5) is 10.1 Å². The number of para-hydroxylation sites is 1. The number of hydrogen-bond donors (Lipinski definition) is 1. The fourth-order valence-corrected chi connectivity index (χ4v) is 5.18. The number of carbonyl (C=O) groups is 2. The zero-order chi connectivity index (χ0) is 22.0. The van der Waals surface area contributed by atoms with E-state index in [1.165, 1.54) is 11.1 Å². The van der Waals surface area contributed by atoms with Crippen molar-refractivity contribution in [2.24, 2.45) is 0 Å². The fraction of sp³-hybridized carbons (Fsp3) is 0.0435. The van der Waals surface area contributed by atoms with E-state index in [1.807, 2.05) is 18.2 Å². The molecule has 0 aromatic heterocycles. The first-order chi connectivity index (χ1) is 14.9. The van der Waals surface area contributed by atoms with E-state index in [9.17, 15) is 14.0 Å². The van der Waals surface area contributed by atoms with Crippen molar-refractivity contribution >= 4 is 68.8 Å². The van der Waals surface area contributed by atoms with E-state index >= 15 is 0 Å². The maximum atomic E-state index is 13.8. The van der Waals surface area contributed by atoms with Crippen molar-refractivity contribution in [3.8, 4) is 5.75 Å². The highest BCUT2D eigenvalue weighted by Gasteiger charge is 2.34. The normalized spacial score (nSPS) is 14.8. The van der Waals surface area contributed by atoms with Crippen LogP contribution in [0.15, 0.2) is 72.3 Å². The number of carbonyl (C=O) groups excluding carboxylic acids is 2. The van der Waals surface area contributed by atoms with Crippen molar-refractivity contribution in [1.82, 2.24) is 5.43 Å². The van der Waals surface area contributed by atoms with E-state index < -0.39 is 11.8 Å². The van der Waals surface area contributed by atoms with Crippen molar-refractivity contribution in [1.29, 1.82) is 0 Å². The molecular formula is C23H15FI2N2O3. The molecule has 8 heteroatoms. The minimum Gasteiger partial charge on any atom is -0.487 e. The van der Waals surface area contributed by atoms with Gasteiger partial charge >= 0.3 is 0 Å². The number of benzene rings is 3. The Bertz CT molecular complexity index is 1180. The van der Waals surface area contributed by atoms with E-state index in [-0.39, 0.29) is 18.0 Å². The molecule has 0 radical (unpaired) electrons. The first kappa shape index (κ1) is 21.8. The third kappa shape index (κ3) is 4.74. The van der Waals surface area contributed by atoms with Crippen molar-refractivity contribution in [3.63, 3.8) is 0 Å². The van der Waals surface area contributed by atoms with E-state index in [0.717, 1.165) is 7.14 Å². The van der Waals surface area contributed by atoms with Crippen LogP contribution in [0.5, 0.6) is 5.75 Å². The van der Waals surface area contributed by atoms with Crippen LogP contribution in [0, 0.1) is 13.0 Å². The van der Waals surface area contributed by atoms with Gasteiger partial charge in [-0.25, -0.2) is 9.40 Å². The van der Waals surface area contributed by atoms with Gasteiger partial charge in [0.15, 0.2) is 0 Å². The van der Waals surface area contributed by atoms with E-state index in [2.05, 4.69) is 50.6 Å². The molecule has 1 aliphatic heterocycles. The maximum Gasteiger partial charge on any atom is 0.282 e. The molecule has 0 bridgehead atoms. The van der Waals surface area contributed by atoms with Crippen molar-refractivity contribution < 1.29 is 18.7 Å².